The number of carboxylic acid groups (broad SMARTS) is 2. The molecule has 2 rings (SSSR count). The Morgan fingerprint density at radius 2 is 0.962 bits per heavy atom. The van der Waals surface area contributed by atoms with Gasteiger partial charge in [0.05, 0.1) is 11.9 Å². The van der Waals surface area contributed by atoms with Gasteiger partial charge in [-0.2, -0.15) is 0 Å². The average Bonchev–Trinajstić information content (AvgIpc) is 2.55. The summed E-state index contributed by atoms with van der Waals surface area (Å²) in [5, 5.41) is 56.4. The van der Waals surface area contributed by atoms with Gasteiger partial charge in [-0.15, -0.1) is 0 Å². The summed E-state index contributed by atoms with van der Waals surface area (Å²) < 4.78 is 0. The van der Waals surface area contributed by atoms with Crippen molar-refractivity contribution in [1.29, 1.82) is 0 Å². The Morgan fingerprint density at radius 3 is 1.19 bits per heavy atom. The topological polar surface area (TPSA) is 161 Å². The summed E-state index contributed by atoms with van der Waals surface area (Å²) >= 11 is 0. The van der Waals surface area contributed by atoms with Gasteiger partial charge in [0.15, 0.2) is 0 Å². The molecule has 0 fully saturated rings. The van der Waals surface area contributed by atoms with Crippen LogP contribution >= 0.6 is 0 Å². The van der Waals surface area contributed by atoms with E-state index in [-0.39, 0.29) is 81.7 Å². The Labute approximate surface area is 193 Å². The van der Waals surface area contributed by atoms with Crippen LogP contribution in [-0.4, -0.2) is 32.4 Å². The SMILES string of the molecule is O=C([O-])C(O)c1ccccc1O.O=C([O-])C(O)c1ccccc1O.[Na+].[Na+]. The number of benzene rings is 2. The van der Waals surface area contributed by atoms with E-state index in [9.17, 15) is 19.8 Å². The molecule has 2 unspecified atom stereocenters. The van der Waals surface area contributed by atoms with Crippen molar-refractivity contribution in [2.75, 3.05) is 0 Å². The first-order chi connectivity index (χ1) is 11.3. The van der Waals surface area contributed by atoms with E-state index in [2.05, 4.69) is 0 Å². The standard InChI is InChI=1S/2C8H8O4.2Na/c2*9-6-4-2-1-3-5(6)7(10)8(11)12;;/h2*1-4,7,9-10H,(H,11,12);;/q;;2*+1/p-2. The zero-order chi connectivity index (χ0) is 18.3. The minimum atomic E-state index is -1.77. The second-order valence-corrected chi connectivity index (χ2v) is 4.56. The molecule has 0 saturated carbocycles. The van der Waals surface area contributed by atoms with E-state index in [4.69, 9.17) is 20.4 Å². The minimum Gasteiger partial charge on any atom is -0.547 e. The summed E-state index contributed by atoms with van der Waals surface area (Å²) in [6.07, 6.45) is -3.54. The van der Waals surface area contributed by atoms with E-state index >= 15 is 0 Å². The number of para-hydroxylation sites is 2. The zero-order valence-corrected chi connectivity index (χ0v) is 18.2. The average molecular weight is 380 g/mol. The number of carbonyl (C=O) groups excluding carboxylic acids is 2. The second-order valence-electron chi connectivity index (χ2n) is 4.56. The zero-order valence-electron chi connectivity index (χ0n) is 14.2. The maximum absolute atomic E-state index is 10.2. The van der Waals surface area contributed by atoms with Gasteiger partial charge in [0, 0.05) is 11.1 Å². The molecule has 0 spiro atoms. The van der Waals surface area contributed by atoms with E-state index in [0.29, 0.717) is 0 Å². The molecule has 2 atom stereocenters. The molecule has 0 aliphatic rings. The van der Waals surface area contributed by atoms with Crippen LogP contribution in [0.1, 0.15) is 23.3 Å². The number of aliphatic hydroxyl groups excluding tert-OH is 2. The van der Waals surface area contributed by atoms with Gasteiger partial charge in [0.2, 0.25) is 0 Å². The summed E-state index contributed by atoms with van der Waals surface area (Å²) in [6, 6.07) is 11.3. The minimum absolute atomic E-state index is 0. The van der Waals surface area contributed by atoms with Crippen molar-refractivity contribution >= 4 is 11.9 Å². The van der Waals surface area contributed by atoms with Crippen LogP contribution in [0.5, 0.6) is 11.5 Å². The normalized spacial score (nSPS) is 11.5. The number of carbonyl (C=O) groups is 2. The molecule has 0 aliphatic carbocycles. The summed E-state index contributed by atoms with van der Waals surface area (Å²) in [5.74, 6) is -3.77. The van der Waals surface area contributed by atoms with Gasteiger partial charge in [-0.05, 0) is 12.1 Å². The van der Waals surface area contributed by atoms with Crippen LogP contribution in [-0.2, 0) is 9.59 Å². The van der Waals surface area contributed by atoms with Gasteiger partial charge in [-0.3, -0.25) is 0 Å². The van der Waals surface area contributed by atoms with E-state index in [0.717, 1.165) is 0 Å². The largest absolute Gasteiger partial charge is 1.00 e. The third kappa shape index (κ3) is 8.07. The number of aliphatic carboxylic acids is 2. The number of hydrogen-bond donors (Lipinski definition) is 4. The molecule has 2 aromatic rings. The molecule has 0 aromatic heterocycles. The van der Waals surface area contributed by atoms with Crippen molar-refractivity contribution in [1.82, 2.24) is 0 Å². The summed E-state index contributed by atoms with van der Waals surface area (Å²) in [4.78, 5) is 20.4. The third-order valence-corrected chi connectivity index (χ3v) is 2.91. The molecular formula is C16H14Na2O8. The maximum atomic E-state index is 10.2. The van der Waals surface area contributed by atoms with Gasteiger partial charge in [-0.25, -0.2) is 0 Å². The van der Waals surface area contributed by atoms with E-state index in [1.807, 2.05) is 0 Å². The summed E-state index contributed by atoms with van der Waals surface area (Å²) in [7, 11) is 0. The molecule has 0 aliphatic heterocycles. The molecular weight excluding hydrogens is 366 g/mol. The molecule has 0 heterocycles. The first-order valence-electron chi connectivity index (χ1n) is 6.59. The molecule has 0 saturated heterocycles. The van der Waals surface area contributed by atoms with Crippen LogP contribution in [0.4, 0.5) is 0 Å². The Kier molecular flexibility index (Phi) is 13.7. The van der Waals surface area contributed by atoms with Crippen LogP contribution in [0.25, 0.3) is 0 Å². The van der Waals surface area contributed by atoms with E-state index in [1.165, 1.54) is 48.5 Å². The summed E-state index contributed by atoms with van der Waals surface area (Å²) in [6.45, 7) is 0. The number of aromatic hydroxyl groups is 2. The Hall–Kier alpha value is -1.10. The first kappa shape index (κ1) is 27.1. The molecule has 0 radical (unpaired) electrons. The van der Waals surface area contributed by atoms with Crippen LogP contribution in [0.15, 0.2) is 48.5 Å². The van der Waals surface area contributed by atoms with Crippen LogP contribution < -0.4 is 69.3 Å². The smallest absolute Gasteiger partial charge is 0.547 e. The van der Waals surface area contributed by atoms with Gasteiger partial charge >= 0.3 is 59.1 Å². The predicted molar refractivity (Wildman–Crippen MR) is 76.1 cm³/mol. The fraction of sp³-hybridized carbons (Fsp3) is 0.125. The van der Waals surface area contributed by atoms with Crippen LogP contribution in [0.3, 0.4) is 0 Å². The molecule has 26 heavy (non-hydrogen) atoms. The van der Waals surface area contributed by atoms with Crippen molar-refractivity contribution in [3.05, 3.63) is 59.7 Å². The predicted octanol–water partition coefficient (Wildman–Crippen LogP) is -7.64. The van der Waals surface area contributed by atoms with Crippen LogP contribution in [0.2, 0.25) is 0 Å². The molecule has 10 heteroatoms. The molecule has 4 N–H and O–H groups in total. The molecule has 0 bridgehead atoms. The molecule has 128 valence electrons. The number of carboxylic acids is 2. The Morgan fingerprint density at radius 1 is 0.692 bits per heavy atom. The number of rotatable bonds is 4. The first-order valence-corrected chi connectivity index (χ1v) is 6.59. The van der Waals surface area contributed by atoms with E-state index in [1.54, 1.807) is 0 Å². The fourth-order valence-corrected chi connectivity index (χ4v) is 1.69. The number of phenols is 2. The van der Waals surface area contributed by atoms with Gasteiger partial charge < -0.3 is 40.2 Å². The second kappa shape index (κ2) is 13.1. The number of aliphatic hydroxyl groups is 2. The molecule has 0 amide bonds. The van der Waals surface area contributed by atoms with Crippen molar-refractivity contribution in [3.63, 3.8) is 0 Å². The third-order valence-electron chi connectivity index (χ3n) is 2.91. The van der Waals surface area contributed by atoms with Crippen molar-refractivity contribution < 1.29 is 99.3 Å². The van der Waals surface area contributed by atoms with Crippen LogP contribution in [0, 0.1) is 0 Å². The fourth-order valence-electron chi connectivity index (χ4n) is 1.69. The van der Waals surface area contributed by atoms with Crippen molar-refractivity contribution in [2.45, 2.75) is 12.2 Å². The van der Waals surface area contributed by atoms with Crippen molar-refractivity contribution in [3.8, 4) is 11.5 Å². The molecule has 2 aromatic carbocycles. The quantitative estimate of drug-likeness (QED) is 0.380. The number of phenolic OH excluding ortho intramolecular Hbond substituents is 2. The maximum Gasteiger partial charge on any atom is 1.00 e. The number of hydrogen-bond acceptors (Lipinski definition) is 8. The molecule has 8 nitrogen and oxygen atoms in total. The van der Waals surface area contributed by atoms with E-state index < -0.39 is 24.1 Å². The van der Waals surface area contributed by atoms with Crippen molar-refractivity contribution in [2.24, 2.45) is 0 Å². The van der Waals surface area contributed by atoms with Gasteiger partial charge in [0.25, 0.3) is 0 Å². The van der Waals surface area contributed by atoms with Gasteiger partial charge in [-0.1, -0.05) is 36.4 Å². The summed E-state index contributed by atoms with van der Waals surface area (Å²) in [5.41, 5.74) is -0.116. The monoisotopic (exact) mass is 380 g/mol. The Balaban J connectivity index is 0. The van der Waals surface area contributed by atoms with Gasteiger partial charge in [0.1, 0.15) is 23.7 Å². The Bertz CT molecular complexity index is 661.